The van der Waals surface area contributed by atoms with Gasteiger partial charge in [-0.1, -0.05) is 18.2 Å². The zero-order valence-corrected chi connectivity index (χ0v) is 18.2. The van der Waals surface area contributed by atoms with Crippen LogP contribution in [0.1, 0.15) is 29.4 Å². The fourth-order valence-electron chi connectivity index (χ4n) is 4.31. The molecule has 4 rings (SSSR count). The smallest absolute Gasteiger partial charge is 0.272 e. The Morgan fingerprint density at radius 2 is 1.97 bits per heavy atom. The van der Waals surface area contributed by atoms with Crippen LogP contribution in [0.3, 0.4) is 0 Å². The number of carbonyl (C=O) groups excluding carboxylic acids is 2. The van der Waals surface area contributed by atoms with Crippen molar-refractivity contribution in [3.63, 3.8) is 0 Å². The molecule has 0 aliphatic carbocycles. The molecule has 3 heterocycles. The Morgan fingerprint density at radius 3 is 2.58 bits per heavy atom. The van der Waals surface area contributed by atoms with Crippen molar-refractivity contribution in [2.24, 2.45) is 0 Å². The first-order chi connectivity index (χ1) is 15.1. The number of hydrogen-bond donors (Lipinski definition) is 0. The monoisotopic (exact) mass is 424 g/mol. The van der Waals surface area contributed by atoms with Crippen molar-refractivity contribution in [1.82, 2.24) is 19.6 Å². The average Bonchev–Trinajstić information content (AvgIpc) is 3.30. The number of aryl methyl sites for hydroxylation is 1. The summed E-state index contributed by atoms with van der Waals surface area (Å²) in [6, 6.07) is 9.39. The van der Waals surface area contributed by atoms with Crippen LogP contribution in [0.5, 0.6) is 5.75 Å². The predicted octanol–water partition coefficient (Wildman–Crippen LogP) is 2.11. The van der Waals surface area contributed by atoms with E-state index in [0.717, 1.165) is 16.9 Å². The zero-order valence-electron chi connectivity index (χ0n) is 18.2. The number of benzene rings is 1. The van der Waals surface area contributed by atoms with E-state index >= 15 is 0 Å². The lowest BCUT2D eigenvalue weighted by molar-refractivity contribution is -0.168. The van der Waals surface area contributed by atoms with E-state index in [1.165, 1.54) is 0 Å². The quantitative estimate of drug-likeness (QED) is 0.503. The molecule has 2 amide bonds. The molecule has 8 heteroatoms. The van der Waals surface area contributed by atoms with Gasteiger partial charge >= 0.3 is 0 Å². The van der Waals surface area contributed by atoms with Crippen LogP contribution in [0.2, 0.25) is 0 Å². The van der Waals surface area contributed by atoms with Gasteiger partial charge in [0, 0.05) is 39.5 Å². The molecule has 2 aliphatic heterocycles. The summed E-state index contributed by atoms with van der Waals surface area (Å²) in [5.41, 5.74) is 2.79. The van der Waals surface area contributed by atoms with Gasteiger partial charge < -0.3 is 19.3 Å². The number of ether oxygens (including phenoxy) is 2. The van der Waals surface area contributed by atoms with Crippen LogP contribution in [-0.4, -0.2) is 70.8 Å². The maximum atomic E-state index is 12.9. The third kappa shape index (κ3) is 3.95. The highest BCUT2D eigenvalue weighted by atomic mass is 16.5. The SMILES string of the molecule is CCn1nccc1C(=O)N1CC=C([C@H]2[C@@H](OC)C(=O)N2Cc2ccc(OC)cc2)CC1. The standard InChI is InChI=1S/C23H28N4O4/c1-4-27-19(9-12-24-27)22(28)25-13-10-17(11-14-25)20-21(31-3)23(29)26(20)15-16-5-7-18(30-2)8-6-16/h5-10,12,20-21H,4,11,13-15H2,1-3H3/t20-,21+/m0/s1. The molecule has 0 unspecified atom stereocenters. The van der Waals surface area contributed by atoms with Crippen LogP contribution in [0.4, 0.5) is 0 Å². The van der Waals surface area contributed by atoms with Gasteiger partial charge in [0.2, 0.25) is 0 Å². The maximum absolute atomic E-state index is 12.9. The van der Waals surface area contributed by atoms with Crippen LogP contribution < -0.4 is 4.74 Å². The Bertz CT molecular complexity index is 982. The topological polar surface area (TPSA) is 76.9 Å². The second-order valence-electron chi connectivity index (χ2n) is 7.73. The summed E-state index contributed by atoms with van der Waals surface area (Å²) >= 11 is 0. The number of hydrogen-bond acceptors (Lipinski definition) is 5. The van der Waals surface area contributed by atoms with Crippen molar-refractivity contribution in [2.45, 2.75) is 38.6 Å². The van der Waals surface area contributed by atoms with Crippen LogP contribution in [0.25, 0.3) is 0 Å². The summed E-state index contributed by atoms with van der Waals surface area (Å²) in [6.45, 7) is 4.26. The lowest BCUT2D eigenvalue weighted by atomic mass is 9.86. The van der Waals surface area contributed by atoms with E-state index < -0.39 is 6.10 Å². The molecule has 1 aromatic carbocycles. The van der Waals surface area contributed by atoms with Gasteiger partial charge in [-0.25, -0.2) is 0 Å². The van der Waals surface area contributed by atoms with Crippen molar-refractivity contribution in [3.05, 3.63) is 59.4 Å². The fraction of sp³-hybridized carbons (Fsp3) is 0.435. The van der Waals surface area contributed by atoms with Crippen LogP contribution in [0, 0.1) is 0 Å². The van der Waals surface area contributed by atoms with Crippen LogP contribution in [-0.2, 0) is 22.6 Å². The maximum Gasteiger partial charge on any atom is 0.272 e. The number of aromatic nitrogens is 2. The Hall–Kier alpha value is -3.13. The molecule has 1 aromatic heterocycles. The van der Waals surface area contributed by atoms with Gasteiger partial charge in [-0.15, -0.1) is 0 Å². The lowest BCUT2D eigenvalue weighted by Gasteiger charge is -2.48. The van der Waals surface area contributed by atoms with Gasteiger partial charge in [-0.3, -0.25) is 14.3 Å². The van der Waals surface area contributed by atoms with E-state index in [2.05, 4.69) is 11.2 Å². The molecule has 0 bridgehead atoms. The second kappa shape index (κ2) is 8.93. The second-order valence-corrected chi connectivity index (χ2v) is 7.73. The normalized spacial score (nSPS) is 21.0. The summed E-state index contributed by atoms with van der Waals surface area (Å²) < 4.78 is 12.4. The summed E-state index contributed by atoms with van der Waals surface area (Å²) in [4.78, 5) is 29.2. The Balaban J connectivity index is 1.46. The highest BCUT2D eigenvalue weighted by molar-refractivity contribution is 5.93. The van der Waals surface area contributed by atoms with E-state index in [0.29, 0.717) is 38.3 Å². The molecule has 1 fully saturated rings. The first kappa shape index (κ1) is 21.1. The summed E-state index contributed by atoms with van der Waals surface area (Å²) in [6.07, 6.45) is 3.97. The zero-order chi connectivity index (χ0) is 22.0. The minimum Gasteiger partial charge on any atom is -0.497 e. The van der Waals surface area contributed by atoms with Gasteiger partial charge in [-0.2, -0.15) is 5.10 Å². The molecular formula is C23H28N4O4. The highest BCUT2D eigenvalue weighted by Crippen LogP contribution is 2.33. The van der Waals surface area contributed by atoms with Crippen molar-refractivity contribution < 1.29 is 19.1 Å². The van der Waals surface area contributed by atoms with Gasteiger partial charge in [0.25, 0.3) is 11.8 Å². The Morgan fingerprint density at radius 1 is 1.19 bits per heavy atom. The van der Waals surface area contributed by atoms with Crippen LogP contribution in [0.15, 0.2) is 48.2 Å². The van der Waals surface area contributed by atoms with E-state index in [-0.39, 0.29) is 17.9 Å². The molecule has 164 valence electrons. The molecule has 2 atom stereocenters. The third-order valence-electron chi connectivity index (χ3n) is 6.06. The number of rotatable bonds is 7. The summed E-state index contributed by atoms with van der Waals surface area (Å²) in [7, 11) is 3.21. The molecule has 31 heavy (non-hydrogen) atoms. The number of amides is 2. The minimum atomic E-state index is -0.465. The number of methoxy groups -OCH3 is 2. The Kier molecular flexibility index (Phi) is 6.08. The molecule has 8 nitrogen and oxygen atoms in total. The number of β-lactam (4-membered cyclic amide) rings is 1. The first-order valence-corrected chi connectivity index (χ1v) is 10.5. The average molecular weight is 425 g/mol. The van der Waals surface area contributed by atoms with Crippen LogP contribution >= 0.6 is 0 Å². The summed E-state index contributed by atoms with van der Waals surface area (Å²) in [5.74, 6) is 0.765. The van der Waals surface area contributed by atoms with Crippen molar-refractivity contribution in [1.29, 1.82) is 0 Å². The largest absolute Gasteiger partial charge is 0.497 e. The van der Waals surface area contributed by atoms with Crippen molar-refractivity contribution in [2.75, 3.05) is 27.3 Å². The molecule has 1 saturated heterocycles. The van der Waals surface area contributed by atoms with Crippen molar-refractivity contribution in [3.8, 4) is 5.75 Å². The van der Waals surface area contributed by atoms with E-state index in [4.69, 9.17) is 9.47 Å². The van der Waals surface area contributed by atoms with Gasteiger partial charge in [0.15, 0.2) is 6.10 Å². The van der Waals surface area contributed by atoms with Gasteiger partial charge in [0.05, 0.1) is 13.2 Å². The van der Waals surface area contributed by atoms with E-state index in [1.807, 2.05) is 41.0 Å². The molecule has 2 aliphatic rings. The first-order valence-electron chi connectivity index (χ1n) is 10.5. The predicted molar refractivity (Wildman–Crippen MR) is 115 cm³/mol. The fourth-order valence-corrected chi connectivity index (χ4v) is 4.31. The summed E-state index contributed by atoms with van der Waals surface area (Å²) in [5, 5.41) is 4.19. The van der Waals surface area contributed by atoms with Crippen molar-refractivity contribution >= 4 is 11.8 Å². The Labute approximate surface area is 182 Å². The number of nitrogens with zero attached hydrogens (tertiary/aromatic N) is 4. The molecular weight excluding hydrogens is 396 g/mol. The number of likely N-dealkylation sites (tertiary alicyclic amines) is 1. The highest BCUT2D eigenvalue weighted by Gasteiger charge is 2.49. The van der Waals surface area contributed by atoms with E-state index in [9.17, 15) is 9.59 Å². The molecule has 0 saturated carbocycles. The molecule has 2 aromatic rings. The number of carbonyl (C=O) groups is 2. The third-order valence-corrected chi connectivity index (χ3v) is 6.06. The van der Waals surface area contributed by atoms with Gasteiger partial charge in [0.1, 0.15) is 11.4 Å². The molecule has 0 spiro atoms. The van der Waals surface area contributed by atoms with E-state index in [1.54, 1.807) is 31.2 Å². The van der Waals surface area contributed by atoms with Gasteiger partial charge in [-0.05, 0) is 42.7 Å². The lowest BCUT2D eigenvalue weighted by Crippen LogP contribution is -2.66. The molecule has 0 radical (unpaired) electrons. The minimum absolute atomic E-state index is 0.00503. The molecule has 0 N–H and O–H groups in total.